The Hall–Kier alpha value is -3.21. The van der Waals surface area contributed by atoms with E-state index >= 15 is 0 Å². The van der Waals surface area contributed by atoms with E-state index in [0.29, 0.717) is 12.1 Å². The van der Waals surface area contributed by atoms with Crippen LogP contribution in [0.5, 0.6) is 0 Å². The van der Waals surface area contributed by atoms with Crippen LogP contribution < -0.4 is 4.90 Å². The lowest BCUT2D eigenvalue weighted by atomic mass is 9.97. The average Bonchev–Trinajstić information content (AvgIpc) is 3.03. The number of likely N-dealkylation sites (N-methyl/N-ethyl adjacent to an activating group) is 1. The summed E-state index contributed by atoms with van der Waals surface area (Å²) in [5.41, 5.74) is 4.14. The molecule has 160 valence electrons. The van der Waals surface area contributed by atoms with Crippen LogP contribution in [0.3, 0.4) is 0 Å². The lowest BCUT2D eigenvalue weighted by Gasteiger charge is -2.25. The van der Waals surface area contributed by atoms with Gasteiger partial charge in [-0.15, -0.1) is 0 Å². The molecule has 0 unspecified atom stereocenters. The number of carbonyl (C=O) groups excluding carboxylic acids is 2. The van der Waals surface area contributed by atoms with Crippen molar-refractivity contribution < 1.29 is 14.3 Å². The monoisotopic (exact) mass is 416 g/mol. The van der Waals surface area contributed by atoms with Gasteiger partial charge < -0.3 is 9.64 Å². The maximum Gasteiger partial charge on any atom is 0.339 e. The van der Waals surface area contributed by atoms with Gasteiger partial charge in [0.1, 0.15) is 0 Å². The largest absolute Gasteiger partial charge is 0.449 e. The smallest absolute Gasteiger partial charge is 0.339 e. The van der Waals surface area contributed by atoms with Crippen LogP contribution in [0.25, 0.3) is 10.9 Å². The zero-order chi connectivity index (χ0) is 21.8. The first kappa shape index (κ1) is 21.0. The zero-order valence-corrected chi connectivity index (χ0v) is 18.1. The topological polar surface area (TPSA) is 59.5 Å². The number of aryl methyl sites for hydroxylation is 1. The Morgan fingerprint density at radius 2 is 1.71 bits per heavy atom. The highest BCUT2D eigenvalue weighted by Gasteiger charge is 2.28. The molecule has 0 fully saturated rings. The normalized spacial score (nSPS) is 14.4. The van der Waals surface area contributed by atoms with Gasteiger partial charge >= 0.3 is 5.97 Å². The number of nitrogens with zero attached hydrogens (tertiary/aromatic N) is 2. The van der Waals surface area contributed by atoms with Crippen molar-refractivity contribution in [2.24, 2.45) is 0 Å². The molecule has 0 saturated carbocycles. The molecule has 3 aromatic rings. The molecule has 1 atom stereocenters. The van der Waals surface area contributed by atoms with Gasteiger partial charge in [-0.1, -0.05) is 42.8 Å². The van der Waals surface area contributed by atoms with Crippen LogP contribution in [0.2, 0.25) is 0 Å². The molecule has 1 amide bonds. The number of para-hydroxylation sites is 2. The van der Waals surface area contributed by atoms with Gasteiger partial charge in [0.25, 0.3) is 5.91 Å². The second-order valence-electron chi connectivity index (χ2n) is 7.96. The summed E-state index contributed by atoms with van der Waals surface area (Å²) in [6.07, 6.45) is 4.01. The van der Waals surface area contributed by atoms with E-state index in [1.54, 1.807) is 11.8 Å². The maximum atomic E-state index is 13.4. The first-order valence-corrected chi connectivity index (χ1v) is 11.1. The number of aromatic nitrogens is 1. The van der Waals surface area contributed by atoms with Crippen molar-refractivity contribution in [3.05, 3.63) is 71.4 Å². The number of carbonyl (C=O) groups is 2. The summed E-state index contributed by atoms with van der Waals surface area (Å²) < 4.78 is 5.76. The third-order valence-corrected chi connectivity index (χ3v) is 5.91. The number of esters is 1. The van der Waals surface area contributed by atoms with E-state index in [4.69, 9.17) is 9.72 Å². The molecule has 0 bridgehead atoms. The first-order valence-electron chi connectivity index (χ1n) is 11.1. The molecule has 0 N–H and O–H groups in total. The second-order valence-corrected chi connectivity index (χ2v) is 7.96. The lowest BCUT2D eigenvalue weighted by molar-refractivity contribution is -0.126. The Morgan fingerprint density at radius 3 is 2.48 bits per heavy atom. The molecule has 0 aliphatic heterocycles. The minimum Gasteiger partial charge on any atom is -0.449 e. The molecule has 1 heterocycles. The summed E-state index contributed by atoms with van der Waals surface area (Å²) in [4.78, 5) is 32.9. The number of fused-ring (bicyclic) bond motifs is 2. The van der Waals surface area contributed by atoms with E-state index in [-0.39, 0.29) is 5.91 Å². The SMILES string of the molecule is CCN(C(=O)[C@@H](C)OC(=O)c1c2c(nc3ccccc13)CCCCC2)c1ccccc1. The van der Waals surface area contributed by atoms with Gasteiger partial charge in [0.05, 0.1) is 11.1 Å². The van der Waals surface area contributed by atoms with Crippen molar-refractivity contribution in [3.8, 4) is 0 Å². The molecule has 2 aromatic carbocycles. The van der Waals surface area contributed by atoms with Crippen molar-refractivity contribution in [2.45, 2.75) is 52.1 Å². The van der Waals surface area contributed by atoms with Crippen LogP contribution in [0.15, 0.2) is 54.6 Å². The highest BCUT2D eigenvalue weighted by Crippen LogP contribution is 2.29. The number of hydrogen-bond donors (Lipinski definition) is 0. The Morgan fingerprint density at radius 1 is 1.00 bits per heavy atom. The van der Waals surface area contributed by atoms with Crippen LogP contribution in [0.1, 0.15) is 54.7 Å². The summed E-state index contributed by atoms with van der Waals surface area (Å²) in [6, 6.07) is 17.1. The number of amides is 1. The molecule has 4 rings (SSSR count). The van der Waals surface area contributed by atoms with Gasteiger partial charge in [0, 0.05) is 23.3 Å². The van der Waals surface area contributed by atoms with Gasteiger partial charge in [-0.3, -0.25) is 9.78 Å². The summed E-state index contributed by atoms with van der Waals surface area (Å²) >= 11 is 0. The first-order chi connectivity index (χ1) is 15.1. The summed E-state index contributed by atoms with van der Waals surface area (Å²) in [6.45, 7) is 4.06. The van der Waals surface area contributed by atoms with Gasteiger partial charge in [-0.25, -0.2) is 4.79 Å². The fraction of sp³-hybridized carbons (Fsp3) is 0.346. The quantitative estimate of drug-likeness (QED) is 0.429. The lowest BCUT2D eigenvalue weighted by Crippen LogP contribution is -2.40. The minimum atomic E-state index is -0.888. The molecular weight excluding hydrogens is 388 g/mol. The second kappa shape index (κ2) is 9.29. The number of rotatable bonds is 5. The number of pyridine rings is 1. The highest BCUT2D eigenvalue weighted by molar-refractivity contribution is 6.06. The predicted molar refractivity (Wildman–Crippen MR) is 122 cm³/mol. The van der Waals surface area contributed by atoms with E-state index in [2.05, 4.69) is 0 Å². The Kier molecular flexibility index (Phi) is 6.31. The fourth-order valence-corrected chi connectivity index (χ4v) is 4.35. The van der Waals surface area contributed by atoms with Gasteiger partial charge in [0.2, 0.25) is 0 Å². The number of hydrogen-bond acceptors (Lipinski definition) is 4. The van der Waals surface area contributed by atoms with Crippen LogP contribution >= 0.6 is 0 Å². The molecule has 1 aromatic heterocycles. The van der Waals surface area contributed by atoms with Crippen molar-refractivity contribution in [1.29, 1.82) is 0 Å². The molecule has 5 heteroatoms. The van der Waals surface area contributed by atoms with E-state index in [0.717, 1.165) is 60.0 Å². The minimum absolute atomic E-state index is 0.230. The molecule has 31 heavy (non-hydrogen) atoms. The zero-order valence-electron chi connectivity index (χ0n) is 18.1. The maximum absolute atomic E-state index is 13.4. The summed E-state index contributed by atoms with van der Waals surface area (Å²) in [7, 11) is 0. The Balaban J connectivity index is 1.65. The number of benzene rings is 2. The highest BCUT2D eigenvalue weighted by atomic mass is 16.5. The molecule has 5 nitrogen and oxygen atoms in total. The summed E-state index contributed by atoms with van der Waals surface area (Å²) in [5.74, 6) is -0.673. The Bertz CT molecular complexity index is 1090. The van der Waals surface area contributed by atoms with Gasteiger partial charge in [0.15, 0.2) is 6.10 Å². The molecule has 0 radical (unpaired) electrons. The van der Waals surface area contributed by atoms with E-state index in [9.17, 15) is 9.59 Å². The predicted octanol–water partition coefficient (Wildman–Crippen LogP) is 5.10. The molecule has 1 aliphatic carbocycles. The molecule has 0 saturated heterocycles. The van der Waals surface area contributed by atoms with Gasteiger partial charge in [-0.05, 0) is 63.3 Å². The van der Waals surface area contributed by atoms with E-state index in [1.165, 1.54) is 0 Å². The van der Waals surface area contributed by atoms with Gasteiger partial charge in [-0.2, -0.15) is 0 Å². The van der Waals surface area contributed by atoms with E-state index < -0.39 is 12.1 Å². The third-order valence-electron chi connectivity index (χ3n) is 5.91. The standard InChI is InChI=1S/C26H28N2O3/c1-3-28(19-12-6-4-7-13-19)25(29)18(2)31-26(30)24-20-14-8-5-9-16-22(20)27-23-17-11-10-15-21(23)24/h4,6-7,10-13,15,17-18H,3,5,8-9,14,16H2,1-2H3/t18-/m1/s1. The van der Waals surface area contributed by atoms with E-state index in [1.807, 2.05) is 61.5 Å². The van der Waals surface area contributed by atoms with Crippen LogP contribution in [0, 0.1) is 0 Å². The van der Waals surface area contributed by atoms with Crippen molar-refractivity contribution in [3.63, 3.8) is 0 Å². The summed E-state index contributed by atoms with van der Waals surface area (Å²) in [5, 5.41) is 0.795. The average molecular weight is 417 g/mol. The Labute approximate surface area is 183 Å². The third kappa shape index (κ3) is 4.31. The number of ether oxygens (including phenoxy) is 1. The van der Waals surface area contributed by atoms with Crippen LogP contribution in [-0.2, 0) is 22.4 Å². The van der Waals surface area contributed by atoms with Crippen LogP contribution in [-0.4, -0.2) is 29.5 Å². The van der Waals surface area contributed by atoms with Crippen molar-refractivity contribution in [2.75, 3.05) is 11.4 Å². The molecular formula is C26H28N2O3. The molecule has 1 aliphatic rings. The van der Waals surface area contributed by atoms with Crippen molar-refractivity contribution >= 4 is 28.5 Å². The number of anilines is 1. The fourth-order valence-electron chi connectivity index (χ4n) is 4.35. The molecule has 0 spiro atoms. The van der Waals surface area contributed by atoms with Crippen molar-refractivity contribution in [1.82, 2.24) is 4.98 Å². The van der Waals surface area contributed by atoms with Crippen LogP contribution in [0.4, 0.5) is 5.69 Å².